The van der Waals surface area contributed by atoms with Crippen molar-refractivity contribution in [2.75, 3.05) is 6.54 Å². The Labute approximate surface area is 106 Å². The van der Waals surface area contributed by atoms with Crippen LogP contribution in [0, 0.1) is 5.92 Å². The number of nitrogens with zero attached hydrogens (tertiary/aromatic N) is 2. The van der Waals surface area contributed by atoms with E-state index in [4.69, 9.17) is 5.73 Å². The maximum atomic E-state index is 11.5. The van der Waals surface area contributed by atoms with Crippen LogP contribution in [0.25, 0.3) is 0 Å². The number of hydrogen-bond acceptors (Lipinski definition) is 5. The molecule has 0 aromatic carbocycles. The van der Waals surface area contributed by atoms with Crippen LogP contribution in [0.1, 0.15) is 37.7 Å². The Morgan fingerprint density at radius 2 is 2.12 bits per heavy atom. The molecule has 0 bridgehead atoms. The van der Waals surface area contributed by atoms with Gasteiger partial charge in [0, 0.05) is 17.9 Å². The molecule has 96 valence electrons. The minimum Gasteiger partial charge on any atom is -0.349 e. The molecule has 6 heteroatoms. The molecule has 0 aliphatic rings. The Hall–Kier alpha value is -1.01. The summed E-state index contributed by atoms with van der Waals surface area (Å²) in [6.07, 6.45) is 0. The summed E-state index contributed by atoms with van der Waals surface area (Å²) in [6.45, 7) is 8.85. The van der Waals surface area contributed by atoms with Crippen molar-refractivity contribution in [3.05, 3.63) is 10.0 Å². The molecule has 1 atom stereocenters. The molecule has 0 saturated carbocycles. The molecule has 0 fully saturated rings. The van der Waals surface area contributed by atoms with E-state index in [1.807, 2.05) is 0 Å². The molecular weight excluding hydrogens is 236 g/mol. The summed E-state index contributed by atoms with van der Waals surface area (Å²) in [7, 11) is 0. The van der Waals surface area contributed by atoms with Crippen molar-refractivity contribution in [3.8, 4) is 0 Å². The molecule has 1 aromatic rings. The quantitative estimate of drug-likeness (QED) is 0.843. The van der Waals surface area contributed by atoms with Crippen molar-refractivity contribution in [2.45, 2.75) is 39.7 Å². The van der Waals surface area contributed by atoms with Crippen molar-refractivity contribution in [1.29, 1.82) is 0 Å². The lowest BCUT2D eigenvalue weighted by atomic mass is 9.98. The van der Waals surface area contributed by atoms with Crippen molar-refractivity contribution in [1.82, 2.24) is 15.5 Å². The third kappa shape index (κ3) is 4.05. The van der Waals surface area contributed by atoms with Gasteiger partial charge in [-0.1, -0.05) is 39.0 Å². The smallest absolute Gasteiger partial charge is 0.224 e. The minimum absolute atomic E-state index is 0.00444. The van der Waals surface area contributed by atoms with Gasteiger partial charge in [-0.25, -0.2) is 0 Å². The van der Waals surface area contributed by atoms with Gasteiger partial charge in [0.1, 0.15) is 10.0 Å². The highest BCUT2D eigenvalue weighted by Crippen LogP contribution is 2.25. The first-order valence-corrected chi connectivity index (χ1v) is 6.47. The molecule has 0 aliphatic carbocycles. The summed E-state index contributed by atoms with van der Waals surface area (Å²) in [5.74, 6) is -0.204. The minimum atomic E-state index is -0.162. The summed E-state index contributed by atoms with van der Waals surface area (Å²) < 4.78 is 0. The molecule has 1 unspecified atom stereocenters. The molecule has 0 aliphatic heterocycles. The average molecular weight is 256 g/mol. The molecule has 1 aromatic heterocycles. The van der Waals surface area contributed by atoms with Crippen LogP contribution in [-0.4, -0.2) is 22.6 Å². The number of amides is 1. The van der Waals surface area contributed by atoms with Gasteiger partial charge in [-0.05, 0) is 0 Å². The average Bonchev–Trinajstić information content (AvgIpc) is 2.72. The van der Waals surface area contributed by atoms with Crippen LogP contribution >= 0.6 is 11.3 Å². The van der Waals surface area contributed by atoms with Gasteiger partial charge in [-0.2, -0.15) is 0 Å². The maximum Gasteiger partial charge on any atom is 0.224 e. The fourth-order valence-corrected chi connectivity index (χ4v) is 1.91. The zero-order chi connectivity index (χ0) is 13.1. The normalized spacial score (nSPS) is 13.5. The monoisotopic (exact) mass is 256 g/mol. The lowest BCUT2D eigenvalue weighted by molar-refractivity contribution is -0.124. The summed E-state index contributed by atoms with van der Waals surface area (Å²) in [5.41, 5.74) is 5.42. The molecule has 1 rings (SSSR count). The number of hydrogen-bond donors (Lipinski definition) is 2. The molecule has 1 amide bonds. The third-order valence-electron chi connectivity index (χ3n) is 2.32. The molecule has 0 radical (unpaired) electrons. The first kappa shape index (κ1) is 14.1. The van der Waals surface area contributed by atoms with Crippen LogP contribution in [0.4, 0.5) is 0 Å². The van der Waals surface area contributed by atoms with E-state index in [1.165, 1.54) is 11.3 Å². The molecule has 3 N–H and O–H groups in total. The number of carbonyl (C=O) groups is 1. The van der Waals surface area contributed by atoms with E-state index in [2.05, 4.69) is 36.3 Å². The Balaban J connectivity index is 2.54. The number of nitrogens with one attached hydrogen (secondary N) is 1. The standard InChI is InChI=1S/C11H20N4OS/c1-7(5-12)9(16)13-6-8-14-15-10(17-8)11(2,3)4/h7H,5-6,12H2,1-4H3,(H,13,16). The van der Waals surface area contributed by atoms with Gasteiger partial charge < -0.3 is 11.1 Å². The first-order chi connectivity index (χ1) is 7.84. The van der Waals surface area contributed by atoms with E-state index in [0.29, 0.717) is 13.1 Å². The van der Waals surface area contributed by atoms with Crippen LogP contribution in [0.15, 0.2) is 0 Å². The fraction of sp³-hybridized carbons (Fsp3) is 0.727. The van der Waals surface area contributed by atoms with Crippen LogP contribution in [0.3, 0.4) is 0 Å². The van der Waals surface area contributed by atoms with Gasteiger partial charge in [0.25, 0.3) is 0 Å². The molecule has 5 nitrogen and oxygen atoms in total. The summed E-state index contributed by atoms with van der Waals surface area (Å²) in [4.78, 5) is 11.5. The highest BCUT2D eigenvalue weighted by atomic mass is 32.1. The number of aromatic nitrogens is 2. The second kappa shape index (κ2) is 5.55. The molecular formula is C11H20N4OS. The predicted octanol–water partition coefficient (Wildman–Crippen LogP) is 1.05. The SMILES string of the molecule is CC(CN)C(=O)NCc1nnc(C(C)(C)C)s1. The fourth-order valence-electron chi connectivity index (χ4n) is 1.07. The first-order valence-electron chi connectivity index (χ1n) is 5.65. The van der Waals surface area contributed by atoms with Crippen molar-refractivity contribution < 1.29 is 4.79 Å². The molecule has 1 heterocycles. The Kier molecular flexibility index (Phi) is 4.59. The highest BCUT2D eigenvalue weighted by molar-refractivity contribution is 7.11. The van der Waals surface area contributed by atoms with Gasteiger partial charge >= 0.3 is 0 Å². The second-order valence-electron chi connectivity index (χ2n) is 5.11. The number of rotatable bonds is 4. The van der Waals surface area contributed by atoms with Gasteiger partial charge in [0.15, 0.2) is 0 Å². The Bertz CT molecular complexity index is 383. The lowest BCUT2D eigenvalue weighted by Gasteiger charge is -2.12. The van der Waals surface area contributed by atoms with E-state index in [-0.39, 0.29) is 17.2 Å². The second-order valence-corrected chi connectivity index (χ2v) is 6.17. The van der Waals surface area contributed by atoms with E-state index in [9.17, 15) is 4.79 Å². The maximum absolute atomic E-state index is 11.5. The Morgan fingerprint density at radius 3 is 2.59 bits per heavy atom. The van der Waals surface area contributed by atoms with Gasteiger partial charge in [-0.15, -0.1) is 10.2 Å². The molecule has 0 saturated heterocycles. The zero-order valence-electron chi connectivity index (χ0n) is 10.8. The van der Waals surface area contributed by atoms with E-state index in [1.54, 1.807) is 6.92 Å². The van der Waals surface area contributed by atoms with E-state index < -0.39 is 0 Å². The summed E-state index contributed by atoms with van der Waals surface area (Å²) in [6, 6.07) is 0. The topological polar surface area (TPSA) is 80.9 Å². The van der Waals surface area contributed by atoms with Gasteiger partial charge in [0.2, 0.25) is 5.91 Å². The zero-order valence-corrected chi connectivity index (χ0v) is 11.6. The Morgan fingerprint density at radius 1 is 1.47 bits per heavy atom. The molecule has 17 heavy (non-hydrogen) atoms. The van der Waals surface area contributed by atoms with Crippen molar-refractivity contribution in [3.63, 3.8) is 0 Å². The van der Waals surface area contributed by atoms with Crippen LogP contribution in [0.5, 0.6) is 0 Å². The van der Waals surface area contributed by atoms with E-state index in [0.717, 1.165) is 10.0 Å². The van der Waals surface area contributed by atoms with Crippen LogP contribution < -0.4 is 11.1 Å². The van der Waals surface area contributed by atoms with Crippen molar-refractivity contribution >= 4 is 17.2 Å². The summed E-state index contributed by atoms with van der Waals surface area (Å²) in [5, 5.41) is 12.8. The van der Waals surface area contributed by atoms with Crippen LogP contribution in [-0.2, 0) is 16.8 Å². The summed E-state index contributed by atoms with van der Waals surface area (Å²) >= 11 is 1.53. The van der Waals surface area contributed by atoms with Gasteiger partial charge in [0.05, 0.1) is 6.54 Å². The number of nitrogens with two attached hydrogens (primary N) is 1. The van der Waals surface area contributed by atoms with Crippen LogP contribution in [0.2, 0.25) is 0 Å². The lowest BCUT2D eigenvalue weighted by Crippen LogP contribution is -2.32. The predicted molar refractivity (Wildman–Crippen MR) is 68.7 cm³/mol. The van der Waals surface area contributed by atoms with E-state index >= 15 is 0 Å². The number of carbonyl (C=O) groups excluding carboxylic acids is 1. The largest absolute Gasteiger partial charge is 0.349 e. The highest BCUT2D eigenvalue weighted by Gasteiger charge is 2.19. The van der Waals surface area contributed by atoms with Gasteiger partial charge in [-0.3, -0.25) is 4.79 Å². The third-order valence-corrected chi connectivity index (χ3v) is 3.67. The molecule has 0 spiro atoms. The van der Waals surface area contributed by atoms with Crippen molar-refractivity contribution in [2.24, 2.45) is 11.7 Å².